The lowest BCUT2D eigenvalue weighted by Crippen LogP contribution is -2.20. The van der Waals surface area contributed by atoms with Gasteiger partial charge in [0, 0.05) is 22.7 Å². The number of hydrogen-bond acceptors (Lipinski definition) is 4. The molecule has 0 bridgehead atoms. The highest BCUT2D eigenvalue weighted by molar-refractivity contribution is 5.99. The maximum atomic E-state index is 12.2. The summed E-state index contributed by atoms with van der Waals surface area (Å²) in [6.07, 6.45) is 2.48. The van der Waals surface area contributed by atoms with Crippen LogP contribution in [0.15, 0.2) is 24.4 Å². The van der Waals surface area contributed by atoms with E-state index < -0.39 is 6.04 Å². The first-order chi connectivity index (χ1) is 11.0. The van der Waals surface area contributed by atoms with Gasteiger partial charge in [0.15, 0.2) is 6.29 Å². The van der Waals surface area contributed by atoms with Crippen LogP contribution in [0.25, 0.3) is 10.9 Å². The Kier molecular flexibility index (Phi) is 5.42. The predicted molar refractivity (Wildman–Crippen MR) is 89.0 cm³/mol. The van der Waals surface area contributed by atoms with Gasteiger partial charge < -0.3 is 14.0 Å². The predicted octanol–water partition coefficient (Wildman–Crippen LogP) is 3.61. The quantitative estimate of drug-likeness (QED) is 0.578. The van der Waals surface area contributed by atoms with E-state index in [-0.39, 0.29) is 11.9 Å². The van der Waals surface area contributed by atoms with Gasteiger partial charge in [0.2, 0.25) is 0 Å². The molecule has 0 amide bonds. The fourth-order valence-electron chi connectivity index (χ4n) is 2.41. The SMILES string of the molecule is CCOc1ccc2c(c1)c(C=O)cn2C(C)C(=O)OCC(C)C. The molecule has 0 radical (unpaired) electrons. The highest BCUT2D eigenvalue weighted by atomic mass is 16.5. The van der Waals surface area contributed by atoms with Crippen LogP contribution in [0.5, 0.6) is 5.75 Å². The van der Waals surface area contributed by atoms with Crippen molar-refractivity contribution in [2.24, 2.45) is 5.92 Å². The van der Waals surface area contributed by atoms with Crippen LogP contribution in [-0.2, 0) is 9.53 Å². The molecule has 1 aromatic heterocycles. The molecule has 0 aliphatic heterocycles. The molecule has 1 heterocycles. The Morgan fingerprint density at radius 1 is 1.30 bits per heavy atom. The second kappa shape index (κ2) is 7.31. The Morgan fingerprint density at radius 2 is 2.04 bits per heavy atom. The van der Waals surface area contributed by atoms with Crippen molar-refractivity contribution in [2.45, 2.75) is 33.7 Å². The van der Waals surface area contributed by atoms with Gasteiger partial charge in [-0.2, -0.15) is 0 Å². The molecule has 2 aromatic rings. The Morgan fingerprint density at radius 3 is 2.65 bits per heavy atom. The molecule has 1 unspecified atom stereocenters. The topological polar surface area (TPSA) is 57.5 Å². The molecule has 124 valence electrons. The Labute approximate surface area is 136 Å². The van der Waals surface area contributed by atoms with Crippen molar-refractivity contribution >= 4 is 23.2 Å². The summed E-state index contributed by atoms with van der Waals surface area (Å²) in [7, 11) is 0. The highest BCUT2D eigenvalue weighted by Crippen LogP contribution is 2.28. The van der Waals surface area contributed by atoms with Crippen LogP contribution >= 0.6 is 0 Å². The Bertz CT molecular complexity index is 702. The summed E-state index contributed by atoms with van der Waals surface area (Å²) in [6, 6.07) is 5.02. The number of carbonyl (C=O) groups is 2. The van der Waals surface area contributed by atoms with Crippen LogP contribution in [0.2, 0.25) is 0 Å². The van der Waals surface area contributed by atoms with E-state index in [1.807, 2.05) is 39.0 Å². The molecule has 5 nitrogen and oxygen atoms in total. The van der Waals surface area contributed by atoms with Crippen LogP contribution in [0.1, 0.15) is 44.1 Å². The van der Waals surface area contributed by atoms with Crippen molar-refractivity contribution in [3.63, 3.8) is 0 Å². The minimum Gasteiger partial charge on any atom is -0.494 e. The lowest BCUT2D eigenvalue weighted by molar-refractivity contribution is -0.148. The highest BCUT2D eigenvalue weighted by Gasteiger charge is 2.20. The van der Waals surface area contributed by atoms with Crippen LogP contribution in [0, 0.1) is 5.92 Å². The third-order valence-corrected chi connectivity index (χ3v) is 3.59. The first-order valence-corrected chi connectivity index (χ1v) is 7.87. The summed E-state index contributed by atoms with van der Waals surface area (Å²) in [5, 5.41) is 0.773. The van der Waals surface area contributed by atoms with Crippen LogP contribution in [0.3, 0.4) is 0 Å². The number of ether oxygens (including phenoxy) is 2. The van der Waals surface area contributed by atoms with E-state index in [2.05, 4.69) is 0 Å². The van der Waals surface area contributed by atoms with Crippen molar-refractivity contribution < 1.29 is 19.1 Å². The summed E-state index contributed by atoms with van der Waals surface area (Å²) >= 11 is 0. The molecule has 0 fully saturated rings. The van der Waals surface area contributed by atoms with E-state index in [1.54, 1.807) is 17.7 Å². The maximum absolute atomic E-state index is 12.2. The number of benzene rings is 1. The van der Waals surface area contributed by atoms with Gasteiger partial charge >= 0.3 is 5.97 Å². The molecule has 0 saturated heterocycles. The van der Waals surface area contributed by atoms with Crippen molar-refractivity contribution in [1.29, 1.82) is 0 Å². The fourth-order valence-corrected chi connectivity index (χ4v) is 2.41. The monoisotopic (exact) mass is 317 g/mol. The van der Waals surface area contributed by atoms with Crippen molar-refractivity contribution in [1.82, 2.24) is 4.57 Å². The van der Waals surface area contributed by atoms with E-state index in [0.717, 1.165) is 17.2 Å². The van der Waals surface area contributed by atoms with Crippen molar-refractivity contribution in [3.8, 4) is 5.75 Å². The zero-order valence-electron chi connectivity index (χ0n) is 14.0. The number of rotatable bonds is 7. The first-order valence-electron chi connectivity index (χ1n) is 7.87. The van der Waals surface area contributed by atoms with E-state index >= 15 is 0 Å². The van der Waals surface area contributed by atoms with E-state index in [1.165, 1.54) is 0 Å². The molecular weight excluding hydrogens is 294 g/mol. The Hall–Kier alpha value is -2.30. The smallest absolute Gasteiger partial charge is 0.328 e. The third-order valence-electron chi connectivity index (χ3n) is 3.59. The van der Waals surface area contributed by atoms with Gasteiger partial charge in [-0.25, -0.2) is 4.79 Å². The molecule has 0 aliphatic carbocycles. The molecule has 5 heteroatoms. The van der Waals surface area contributed by atoms with Crippen LogP contribution in [0.4, 0.5) is 0 Å². The molecule has 0 saturated carbocycles. The third kappa shape index (κ3) is 3.73. The number of aldehydes is 1. The van der Waals surface area contributed by atoms with Crippen molar-refractivity contribution in [2.75, 3.05) is 13.2 Å². The summed E-state index contributed by atoms with van der Waals surface area (Å²) in [6.45, 7) is 8.60. The minimum atomic E-state index is -0.497. The van der Waals surface area contributed by atoms with E-state index in [0.29, 0.717) is 24.5 Å². The Balaban J connectivity index is 2.37. The van der Waals surface area contributed by atoms with Crippen LogP contribution in [-0.4, -0.2) is 30.0 Å². The fraction of sp³-hybridized carbons (Fsp3) is 0.444. The summed E-state index contributed by atoms with van der Waals surface area (Å²) in [5.74, 6) is 0.685. The summed E-state index contributed by atoms with van der Waals surface area (Å²) in [4.78, 5) is 23.5. The van der Waals surface area contributed by atoms with Gasteiger partial charge in [-0.15, -0.1) is 0 Å². The lowest BCUT2D eigenvalue weighted by atomic mass is 10.2. The van der Waals surface area contributed by atoms with E-state index in [9.17, 15) is 9.59 Å². The molecule has 1 aromatic carbocycles. The number of fused-ring (bicyclic) bond motifs is 1. The van der Waals surface area contributed by atoms with Gasteiger partial charge in [-0.05, 0) is 38.0 Å². The number of aromatic nitrogens is 1. The number of nitrogens with zero attached hydrogens (tertiary/aromatic N) is 1. The minimum absolute atomic E-state index is 0.284. The normalized spacial score (nSPS) is 12.4. The van der Waals surface area contributed by atoms with E-state index in [4.69, 9.17) is 9.47 Å². The average molecular weight is 317 g/mol. The average Bonchev–Trinajstić information content (AvgIpc) is 2.90. The van der Waals surface area contributed by atoms with Gasteiger partial charge in [0.05, 0.1) is 13.2 Å². The molecular formula is C18H23NO4. The second-order valence-corrected chi connectivity index (χ2v) is 5.92. The van der Waals surface area contributed by atoms with Gasteiger partial charge in [-0.3, -0.25) is 4.79 Å². The van der Waals surface area contributed by atoms with Gasteiger partial charge in [0.25, 0.3) is 0 Å². The molecule has 0 spiro atoms. The van der Waals surface area contributed by atoms with Crippen molar-refractivity contribution in [3.05, 3.63) is 30.0 Å². The van der Waals surface area contributed by atoms with Crippen LogP contribution < -0.4 is 4.74 Å². The second-order valence-electron chi connectivity index (χ2n) is 5.92. The lowest BCUT2D eigenvalue weighted by Gasteiger charge is -2.15. The molecule has 23 heavy (non-hydrogen) atoms. The number of esters is 1. The van der Waals surface area contributed by atoms with Gasteiger partial charge in [-0.1, -0.05) is 13.8 Å². The number of carbonyl (C=O) groups excluding carboxylic acids is 2. The zero-order chi connectivity index (χ0) is 17.0. The maximum Gasteiger partial charge on any atom is 0.328 e. The number of hydrogen-bond donors (Lipinski definition) is 0. The summed E-state index contributed by atoms with van der Waals surface area (Å²) in [5.41, 5.74) is 1.34. The molecule has 2 rings (SSSR count). The molecule has 0 N–H and O–H groups in total. The largest absolute Gasteiger partial charge is 0.494 e. The van der Waals surface area contributed by atoms with Gasteiger partial charge in [0.1, 0.15) is 11.8 Å². The molecule has 0 aliphatic rings. The summed E-state index contributed by atoms with van der Waals surface area (Å²) < 4.78 is 12.6. The first kappa shape index (κ1) is 17.1. The standard InChI is InChI=1S/C18H23NO4/c1-5-22-15-6-7-17-16(8-15)14(10-20)9-19(17)13(4)18(21)23-11-12(2)3/h6-10,12-13H,5,11H2,1-4H3. The molecule has 1 atom stereocenters. The zero-order valence-corrected chi connectivity index (χ0v) is 14.0.